The van der Waals surface area contributed by atoms with Crippen molar-refractivity contribution in [3.63, 3.8) is 0 Å². The molecule has 0 radical (unpaired) electrons. The molecule has 1 aliphatic rings. The van der Waals surface area contributed by atoms with Gasteiger partial charge in [0, 0.05) is 24.3 Å². The fourth-order valence-electron chi connectivity index (χ4n) is 2.71. The lowest BCUT2D eigenvalue weighted by molar-refractivity contribution is 0.216. The Labute approximate surface area is 125 Å². The van der Waals surface area contributed by atoms with E-state index in [1.807, 2.05) is 0 Å². The predicted octanol–water partition coefficient (Wildman–Crippen LogP) is 4.05. The van der Waals surface area contributed by atoms with E-state index in [1.54, 1.807) is 0 Å². The Morgan fingerprint density at radius 1 is 1.32 bits per heavy atom. The SMILES string of the molecule is CCCCN(CCBr)CC1CCOc2ccccc21. The zero-order valence-electron chi connectivity index (χ0n) is 11.8. The molecule has 2 rings (SSSR count). The van der Waals surface area contributed by atoms with Crippen LogP contribution in [-0.4, -0.2) is 36.5 Å². The summed E-state index contributed by atoms with van der Waals surface area (Å²) in [5.74, 6) is 1.72. The van der Waals surface area contributed by atoms with Crippen molar-refractivity contribution in [2.24, 2.45) is 0 Å². The Morgan fingerprint density at radius 3 is 2.95 bits per heavy atom. The van der Waals surface area contributed by atoms with Gasteiger partial charge in [0.15, 0.2) is 0 Å². The Bertz CT molecular complexity index is 383. The Morgan fingerprint density at radius 2 is 2.16 bits per heavy atom. The van der Waals surface area contributed by atoms with Gasteiger partial charge in [-0.3, -0.25) is 0 Å². The molecule has 0 fully saturated rings. The lowest BCUT2D eigenvalue weighted by atomic mass is 9.92. The maximum Gasteiger partial charge on any atom is 0.122 e. The molecule has 1 aromatic rings. The van der Waals surface area contributed by atoms with Crippen molar-refractivity contribution >= 4 is 15.9 Å². The first-order valence-electron chi connectivity index (χ1n) is 7.35. The molecule has 0 saturated heterocycles. The predicted molar refractivity (Wildman–Crippen MR) is 84.4 cm³/mol. The molecule has 1 aromatic carbocycles. The monoisotopic (exact) mass is 325 g/mol. The molecule has 0 bridgehead atoms. The van der Waals surface area contributed by atoms with E-state index in [9.17, 15) is 0 Å². The van der Waals surface area contributed by atoms with Crippen LogP contribution in [0.15, 0.2) is 24.3 Å². The maximum absolute atomic E-state index is 5.75. The van der Waals surface area contributed by atoms with Crippen LogP contribution in [0.25, 0.3) is 0 Å². The minimum absolute atomic E-state index is 0.626. The highest BCUT2D eigenvalue weighted by molar-refractivity contribution is 9.09. The highest BCUT2D eigenvalue weighted by atomic mass is 79.9. The second kappa shape index (κ2) is 7.91. The summed E-state index contributed by atoms with van der Waals surface area (Å²) in [4.78, 5) is 2.59. The van der Waals surface area contributed by atoms with Crippen LogP contribution in [0.4, 0.5) is 0 Å². The molecule has 0 N–H and O–H groups in total. The van der Waals surface area contributed by atoms with Gasteiger partial charge in [0.1, 0.15) is 5.75 Å². The van der Waals surface area contributed by atoms with Crippen molar-refractivity contribution in [1.29, 1.82) is 0 Å². The van der Waals surface area contributed by atoms with E-state index in [0.717, 1.165) is 37.2 Å². The summed E-state index contributed by atoms with van der Waals surface area (Å²) in [7, 11) is 0. The van der Waals surface area contributed by atoms with E-state index < -0.39 is 0 Å². The normalized spacial score (nSPS) is 18.2. The number of halogens is 1. The van der Waals surface area contributed by atoms with Gasteiger partial charge >= 0.3 is 0 Å². The fourth-order valence-corrected chi connectivity index (χ4v) is 3.21. The standard InChI is InChI=1S/C16H24BrNO/c1-2-3-10-18(11-9-17)13-14-8-12-19-16-7-5-4-6-15(14)16/h4-7,14H,2-3,8-13H2,1H3. The first-order valence-corrected chi connectivity index (χ1v) is 8.47. The van der Waals surface area contributed by atoms with Gasteiger partial charge in [-0.25, -0.2) is 0 Å². The molecular formula is C16H24BrNO. The smallest absolute Gasteiger partial charge is 0.122 e. The third kappa shape index (κ3) is 4.22. The molecule has 0 spiro atoms. The molecule has 106 valence electrons. The number of alkyl halides is 1. The maximum atomic E-state index is 5.75. The number of hydrogen-bond donors (Lipinski definition) is 0. The number of hydrogen-bond acceptors (Lipinski definition) is 2. The summed E-state index contributed by atoms with van der Waals surface area (Å²) in [6.45, 7) is 6.63. The number of ether oxygens (including phenoxy) is 1. The zero-order chi connectivity index (χ0) is 13.5. The molecule has 0 aliphatic carbocycles. The number of unbranched alkanes of at least 4 members (excludes halogenated alkanes) is 1. The summed E-state index contributed by atoms with van der Waals surface area (Å²) in [6.07, 6.45) is 3.70. The van der Waals surface area contributed by atoms with E-state index >= 15 is 0 Å². The summed E-state index contributed by atoms with van der Waals surface area (Å²) < 4.78 is 5.75. The summed E-state index contributed by atoms with van der Waals surface area (Å²) in [5.41, 5.74) is 1.39. The lowest BCUT2D eigenvalue weighted by Crippen LogP contribution is -2.33. The molecule has 19 heavy (non-hydrogen) atoms. The van der Waals surface area contributed by atoms with Gasteiger partial charge in [0.2, 0.25) is 0 Å². The second-order valence-electron chi connectivity index (χ2n) is 5.22. The van der Waals surface area contributed by atoms with Crippen LogP contribution >= 0.6 is 15.9 Å². The Kier molecular flexibility index (Phi) is 6.18. The van der Waals surface area contributed by atoms with Crippen LogP contribution in [0.3, 0.4) is 0 Å². The molecule has 0 aromatic heterocycles. The zero-order valence-corrected chi connectivity index (χ0v) is 13.4. The summed E-state index contributed by atoms with van der Waals surface area (Å²) >= 11 is 3.57. The lowest BCUT2D eigenvalue weighted by Gasteiger charge is -2.31. The minimum atomic E-state index is 0.626. The van der Waals surface area contributed by atoms with Gasteiger partial charge in [0.25, 0.3) is 0 Å². The molecule has 0 saturated carbocycles. The number of para-hydroxylation sites is 1. The van der Waals surface area contributed by atoms with E-state index in [1.165, 1.54) is 24.9 Å². The third-order valence-corrected chi connectivity index (χ3v) is 4.14. The van der Waals surface area contributed by atoms with Crippen molar-refractivity contribution in [3.8, 4) is 5.75 Å². The topological polar surface area (TPSA) is 12.5 Å². The summed E-state index contributed by atoms with van der Waals surface area (Å²) in [6, 6.07) is 8.52. The molecule has 3 heteroatoms. The molecule has 1 heterocycles. The minimum Gasteiger partial charge on any atom is -0.493 e. The van der Waals surface area contributed by atoms with Crippen LogP contribution < -0.4 is 4.74 Å². The van der Waals surface area contributed by atoms with Crippen molar-refractivity contribution < 1.29 is 4.74 Å². The van der Waals surface area contributed by atoms with Gasteiger partial charge in [-0.15, -0.1) is 0 Å². The van der Waals surface area contributed by atoms with Crippen molar-refractivity contribution in [3.05, 3.63) is 29.8 Å². The van der Waals surface area contributed by atoms with Gasteiger partial charge in [-0.05, 0) is 31.0 Å². The van der Waals surface area contributed by atoms with Gasteiger partial charge < -0.3 is 9.64 Å². The van der Waals surface area contributed by atoms with Crippen LogP contribution in [0.1, 0.15) is 37.7 Å². The van der Waals surface area contributed by atoms with Gasteiger partial charge in [0.05, 0.1) is 6.61 Å². The van der Waals surface area contributed by atoms with E-state index in [-0.39, 0.29) is 0 Å². The van der Waals surface area contributed by atoms with E-state index in [0.29, 0.717) is 5.92 Å². The van der Waals surface area contributed by atoms with E-state index in [4.69, 9.17) is 4.74 Å². The van der Waals surface area contributed by atoms with E-state index in [2.05, 4.69) is 52.0 Å². The average Bonchev–Trinajstić information content (AvgIpc) is 2.45. The average molecular weight is 326 g/mol. The number of benzene rings is 1. The molecule has 2 nitrogen and oxygen atoms in total. The molecule has 1 aliphatic heterocycles. The first kappa shape index (κ1) is 14.9. The highest BCUT2D eigenvalue weighted by Gasteiger charge is 2.22. The Balaban J connectivity index is 2.01. The largest absolute Gasteiger partial charge is 0.493 e. The molecule has 1 unspecified atom stereocenters. The van der Waals surface area contributed by atoms with Gasteiger partial charge in [-0.1, -0.05) is 47.5 Å². The van der Waals surface area contributed by atoms with Crippen molar-refractivity contribution in [2.75, 3.05) is 31.6 Å². The van der Waals surface area contributed by atoms with Crippen molar-refractivity contribution in [2.45, 2.75) is 32.1 Å². The number of fused-ring (bicyclic) bond motifs is 1. The Hall–Kier alpha value is -0.540. The molecular weight excluding hydrogens is 302 g/mol. The van der Waals surface area contributed by atoms with Crippen LogP contribution in [0.5, 0.6) is 5.75 Å². The fraction of sp³-hybridized carbons (Fsp3) is 0.625. The first-order chi connectivity index (χ1) is 9.35. The number of rotatable bonds is 7. The summed E-state index contributed by atoms with van der Waals surface area (Å²) in [5, 5.41) is 1.06. The number of nitrogens with zero attached hydrogens (tertiary/aromatic N) is 1. The quantitative estimate of drug-likeness (QED) is 0.701. The second-order valence-corrected chi connectivity index (χ2v) is 6.01. The molecule has 1 atom stereocenters. The van der Waals surface area contributed by atoms with Crippen LogP contribution in [0.2, 0.25) is 0 Å². The van der Waals surface area contributed by atoms with Crippen LogP contribution in [0, 0.1) is 0 Å². The van der Waals surface area contributed by atoms with Crippen molar-refractivity contribution in [1.82, 2.24) is 4.90 Å². The molecule has 0 amide bonds. The highest BCUT2D eigenvalue weighted by Crippen LogP contribution is 2.33. The van der Waals surface area contributed by atoms with Crippen LogP contribution in [-0.2, 0) is 0 Å². The van der Waals surface area contributed by atoms with Gasteiger partial charge in [-0.2, -0.15) is 0 Å². The third-order valence-electron chi connectivity index (χ3n) is 3.79.